The Bertz CT molecular complexity index is 2170. The van der Waals surface area contributed by atoms with Gasteiger partial charge in [0.05, 0.1) is 31.7 Å². The molecule has 0 saturated carbocycles. The van der Waals surface area contributed by atoms with Gasteiger partial charge >= 0.3 is 17.9 Å². The van der Waals surface area contributed by atoms with E-state index in [0.29, 0.717) is 5.56 Å². The molecule has 1 aromatic rings. The molecular weight excluding hydrogens is 1000 g/mol. The number of carboxylic acid groups (broad SMARTS) is 3. The molecule has 30 heteroatoms. The van der Waals surface area contributed by atoms with Crippen molar-refractivity contribution in [1.82, 2.24) is 47.9 Å². The number of benzene rings is 1. The SMILES string of the molecule is CC(C)C[C@H](NC(=O)CNC(=O)[C@H](CC(N)=O)NC(=O)[C@@H](NC(=O)[C@H](CCC(=O)O)NC(=O)[C@H](CS)NC(=O)[C@H](Cc1ccccc1)NC(=O)[C@H](CO)NC(=O)[C@H](C)N)[C@@H](C)O)C(=O)N[C@@H](CCC(=O)O)C(=O)O. The van der Waals surface area contributed by atoms with Crippen molar-refractivity contribution in [1.29, 1.82) is 0 Å². The maximum absolute atomic E-state index is 13.7. The number of rotatable bonds is 34. The second kappa shape index (κ2) is 32.6. The van der Waals surface area contributed by atoms with Gasteiger partial charge in [0.2, 0.25) is 59.1 Å². The molecule has 0 aliphatic heterocycles. The number of hydrogen-bond acceptors (Lipinski definition) is 17. The first kappa shape index (κ1) is 64.6. The Morgan fingerprint density at radius 1 is 0.568 bits per heavy atom. The van der Waals surface area contributed by atoms with Gasteiger partial charge in [0, 0.05) is 25.0 Å². The van der Waals surface area contributed by atoms with Crippen LogP contribution in [-0.4, -0.2) is 182 Å². The molecule has 10 amide bonds. The van der Waals surface area contributed by atoms with Crippen molar-refractivity contribution >= 4 is 89.6 Å². The number of aliphatic carboxylic acids is 3. The molecule has 0 unspecified atom stereocenters. The van der Waals surface area contributed by atoms with Gasteiger partial charge in [-0.15, -0.1) is 0 Å². The van der Waals surface area contributed by atoms with Crippen LogP contribution in [0.1, 0.15) is 71.8 Å². The smallest absolute Gasteiger partial charge is 0.326 e. The van der Waals surface area contributed by atoms with Crippen LogP contribution in [0, 0.1) is 5.92 Å². The highest BCUT2D eigenvalue weighted by atomic mass is 32.1. The molecule has 0 aliphatic carbocycles. The number of carbonyl (C=O) groups is 13. The lowest BCUT2D eigenvalue weighted by atomic mass is 10.0. The van der Waals surface area contributed by atoms with Crippen LogP contribution in [0.4, 0.5) is 0 Å². The van der Waals surface area contributed by atoms with E-state index in [9.17, 15) is 82.8 Å². The maximum atomic E-state index is 13.7. The minimum absolute atomic E-state index is 0.0414. The zero-order chi connectivity index (χ0) is 56.4. The van der Waals surface area contributed by atoms with Crippen molar-refractivity contribution in [3.8, 4) is 0 Å². The highest BCUT2D eigenvalue weighted by Gasteiger charge is 2.36. The number of hydrogen-bond donors (Lipinski definition) is 17. The zero-order valence-electron chi connectivity index (χ0n) is 41.0. The fourth-order valence-corrected chi connectivity index (χ4v) is 6.73. The summed E-state index contributed by atoms with van der Waals surface area (Å²) >= 11 is 4.13. The molecule has 18 N–H and O–H groups in total. The number of thiol groups is 1. The van der Waals surface area contributed by atoms with Gasteiger partial charge in [-0.25, -0.2) is 4.79 Å². The number of aliphatic hydroxyl groups excluding tert-OH is 2. The fraction of sp³-hybridized carbons (Fsp3) is 0.568. The first-order valence-electron chi connectivity index (χ1n) is 22.9. The van der Waals surface area contributed by atoms with Crippen molar-refractivity contribution in [3.05, 3.63) is 35.9 Å². The van der Waals surface area contributed by atoms with Crippen LogP contribution in [0.2, 0.25) is 0 Å². The fourth-order valence-electron chi connectivity index (χ4n) is 6.47. The van der Waals surface area contributed by atoms with Gasteiger partial charge in [-0.3, -0.25) is 57.5 Å². The largest absolute Gasteiger partial charge is 0.481 e. The summed E-state index contributed by atoms with van der Waals surface area (Å²) in [7, 11) is 0. The molecule has 0 spiro atoms. The van der Waals surface area contributed by atoms with Gasteiger partial charge in [-0.05, 0) is 44.6 Å². The molecule has 412 valence electrons. The van der Waals surface area contributed by atoms with Gasteiger partial charge in [0.25, 0.3) is 0 Å². The molecule has 0 bridgehead atoms. The monoisotopic (exact) mass is 1070 g/mol. The van der Waals surface area contributed by atoms with E-state index in [2.05, 4.69) is 60.5 Å². The lowest BCUT2D eigenvalue weighted by Crippen LogP contribution is -2.62. The maximum Gasteiger partial charge on any atom is 0.326 e. The Balaban J connectivity index is 3.28. The summed E-state index contributed by atoms with van der Waals surface area (Å²) in [4.78, 5) is 165. The summed E-state index contributed by atoms with van der Waals surface area (Å²) in [6.45, 7) is 3.90. The Labute approximate surface area is 429 Å². The zero-order valence-corrected chi connectivity index (χ0v) is 41.8. The third-order valence-corrected chi connectivity index (χ3v) is 10.7. The molecule has 0 radical (unpaired) electrons. The van der Waals surface area contributed by atoms with Gasteiger partial charge in [-0.2, -0.15) is 12.6 Å². The van der Waals surface area contributed by atoms with E-state index in [1.807, 2.05) is 0 Å². The summed E-state index contributed by atoms with van der Waals surface area (Å²) in [5.41, 5.74) is 11.4. The average molecular weight is 1070 g/mol. The molecule has 0 fully saturated rings. The number of amides is 10. The Kier molecular flexibility index (Phi) is 28.4. The van der Waals surface area contributed by atoms with E-state index in [-0.39, 0.29) is 18.8 Å². The molecule has 1 rings (SSSR count). The van der Waals surface area contributed by atoms with Crippen molar-refractivity contribution in [2.45, 2.75) is 133 Å². The molecule has 29 nitrogen and oxygen atoms in total. The number of carbonyl (C=O) groups excluding carboxylic acids is 10. The Morgan fingerprint density at radius 2 is 1.04 bits per heavy atom. The molecule has 0 aliphatic rings. The lowest BCUT2D eigenvalue weighted by molar-refractivity contribution is -0.143. The second-order valence-electron chi connectivity index (χ2n) is 17.3. The molecular formula is C44H67N11O18S. The summed E-state index contributed by atoms with van der Waals surface area (Å²) in [5.74, 6) is -15.9. The quantitative estimate of drug-likeness (QED) is 0.0285. The van der Waals surface area contributed by atoms with Gasteiger partial charge < -0.3 is 84.9 Å². The summed E-state index contributed by atoms with van der Waals surface area (Å²) in [5, 5.41) is 68.4. The molecule has 0 heterocycles. The predicted octanol–water partition coefficient (Wildman–Crippen LogP) is -6.39. The molecule has 0 saturated heterocycles. The van der Waals surface area contributed by atoms with Crippen LogP contribution in [0.5, 0.6) is 0 Å². The van der Waals surface area contributed by atoms with Crippen LogP contribution in [0.15, 0.2) is 30.3 Å². The number of nitrogens with one attached hydrogen (secondary N) is 9. The van der Waals surface area contributed by atoms with E-state index < -0.39 is 188 Å². The number of aliphatic hydroxyl groups is 2. The van der Waals surface area contributed by atoms with E-state index in [1.165, 1.54) is 6.92 Å². The Morgan fingerprint density at radius 3 is 1.54 bits per heavy atom. The third-order valence-electron chi connectivity index (χ3n) is 10.4. The first-order valence-corrected chi connectivity index (χ1v) is 23.6. The number of primary amides is 1. The summed E-state index contributed by atoms with van der Waals surface area (Å²) in [6, 6.07) is -6.17. The minimum Gasteiger partial charge on any atom is -0.481 e. The van der Waals surface area contributed by atoms with Crippen molar-refractivity contribution in [3.63, 3.8) is 0 Å². The third kappa shape index (κ3) is 24.3. The molecule has 0 aromatic heterocycles. The summed E-state index contributed by atoms with van der Waals surface area (Å²) < 4.78 is 0. The van der Waals surface area contributed by atoms with Crippen LogP contribution in [-0.2, 0) is 68.7 Å². The second-order valence-corrected chi connectivity index (χ2v) is 17.6. The van der Waals surface area contributed by atoms with E-state index in [1.54, 1.807) is 44.2 Å². The lowest BCUT2D eigenvalue weighted by Gasteiger charge is -2.28. The van der Waals surface area contributed by atoms with Crippen LogP contribution >= 0.6 is 12.6 Å². The molecule has 1 aromatic carbocycles. The van der Waals surface area contributed by atoms with E-state index in [0.717, 1.165) is 6.92 Å². The number of nitrogens with two attached hydrogens (primary N) is 2. The van der Waals surface area contributed by atoms with E-state index in [4.69, 9.17) is 16.6 Å². The van der Waals surface area contributed by atoms with Crippen molar-refractivity contribution in [2.75, 3.05) is 18.9 Å². The van der Waals surface area contributed by atoms with Gasteiger partial charge in [0.15, 0.2) is 0 Å². The normalized spacial score (nSPS) is 15.0. The standard InChI is InChI=1S/C44H67N11O18S/c1-20(2)14-26(39(67)50-25(44(72)73)11-13-34(62)63)48-32(59)17-47-37(65)28(16-31(46)58)52-43(71)35(22(4)57)55-38(66)24(10-12-33(60)61)49-42(70)30(19-74)54-40(68)27(15-23-8-6-5-7-9-23)51-41(69)29(18-56)53-36(64)21(3)45/h5-9,20-22,24-30,35,56-57,74H,10-19,45H2,1-4H3,(H2,46,58)(H,47,65)(H,48,59)(H,49,70)(H,50,67)(H,51,69)(H,52,71)(H,53,64)(H,54,68)(H,55,66)(H,60,61)(H,62,63)(H,72,73)/t21-,22+,24-,25-,26-,27-,28-,29-,30-,35-/m0/s1. The van der Waals surface area contributed by atoms with Gasteiger partial charge in [0.1, 0.15) is 48.3 Å². The van der Waals surface area contributed by atoms with E-state index >= 15 is 0 Å². The van der Waals surface area contributed by atoms with Gasteiger partial charge in [-0.1, -0.05) is 44.2 Å². The topological polar surface area (TPSA) is 483 Å². The molecule has 10 atom stereocenters. The average Bonchev–Trinajstić information content (AvgIpc) is 3.31. The van der Waals surface area contributed by atoms with Crippen LogP contribution < -0.4 is 59.3 Å². The van der Waals surface area contributed by atoms with Crippen LogP contribution in [0.25, 0.3) is 0 Å². The van der Waals surface area contributed by atoms with Crippen molar-refractivity contribution < 1.29 is 87.9 Å². The summed E-state index contributed by atoms with van der Waals surface area (Å²) in [6.07, 6.45) is -5.41. The number of carboxylic acids is 3. The Hall–Kier alpha value is -7.44. The highest BCUT2D eigenvalue weighted by Crippen LogP contribution is 2.09. The van der Waals surface area contributed by atoms with Crippen LogP contribution in [0.3, 0.4) is 0 Å². The van der Waals surface area contributed by atoms with Crippen molar-refractivity contribution in [2.24, 2.45) is 17.4 Å². The molecule has 74 heavy (non-hydrogen) atoms. The first-order chi connectivity index (χ1) is 34.6. The minimum atomic E-state index is -2.00. The predicted molar refractivity (Wildman–Crippen MR) is 260 cm³/mol. The highest BCUT2D eigenvalue weighted by molar-refractivity contribution is 7.80.